The number of carbonyl (C=O) groups excluding carboxylic acids is 1. The van der Waals surface area contributed by atoms with Crippen LogP contribution in [0.25, 0.3) is 0 Å². The second kappa shape index (κ2) is 9.68. The SMILES string of the molecule is CCOc1ccccc1NC(=O)c1cc(N(Cc2ccccc2)C(C)C)ncn1. The number of hydrogen-bond acceptors (Lipinski definition) is 5. The monoisotopic (exact) mass is 390 g/mol. The van der Waals surface area contributed by atoms with Gasteiger partial charge in [-0.2, -0.15) is 0 Å². The molecule has 0 fully saturated rings. The third-order valence-corrected chi connectivity index (χ3v) is 4.43. The molecule has 0 aliphatic carbocycles. The molecule has 1 heterocycles. The summed E-state index contributed by atoms with van der Waals surface area (Å²) in [6.45, 7) is 7.33. The van der Waals surface area contributed by atoms with Crippen molar-refractivity contribution in [1.82, 2.24) is 9.97 Å². The van der Waals surface area contributed by atoms with Crippen LogP contribution in [-0.4, -0.2) is 28.5 Å². The minimum absolute atomic E-state index is 0.208. The molecular formula is C23H26N4O2. The number of ether oxygens (including phenoxy) is 1. The van der Waals surface area contributed by atoms with Crippen molar-refractivity contribution in [3.63, 3.8) is 0 Å². The van der Waals surface area contributed by atoms with Crippen LogP contribution in [0.2, 0.25) is 0 Å². The summed E-state index contributed by atoms with van der Waals surface area (Å²) in [6, 6.07) is 19.5. The first-order chi connectivity index (χ1) is 14.1. The molecule has 0 saturated heterocycles. The minimum atomic E-state index is -0.302. The van der Waals surface area contributed by atoms with Crippen LogP contribution in [-0.2, 0) is 6.54 Å². The summed E-state index contributed by atoms with van der Waals surface area (Å²) in [6.07, 6.45) is 1.43. The highest BCUT2D eigenvalue weighted by atomic mass is 16.5. The first-order valence-corrected chi connectivity index (χ1v) is 9.74. The molecule has 0 radical (unpaired) electrons. The van der Waals surface area contributed by atoms with Crippen LogP contribution in [0.5, 0.6) is 5.75 Å². The Bertz CT molecular complexity index is 944. The molecule has 0 aliphatic rings. The Balaban J connectivity index is 1.81. The topological polar surface area (TPSA) is 67.3 Å². The fourth-order valence-corrected chi connectivity index (χ4v) is 2.97. The molecule has 0 saturated carbocycles. The van der Waals surface area contributed by atoms with Gasteiger partial charge >= 0.3 is 0 Å². The molecule has 6 nitrogen and oxygen atoms in total. The predicted octanol–water partition coefficient (Wildman–Crippen LogP) is 4.54. The predicted molar refractivity (Wildman–Crippen MR) is 115 cm³/mol. The molecule has 3 rings (SSSR count). The van der Waals surface area contributed by atoms with E-state index in [2.05, 4.69) is 46.2 Å². The number of hydrogen-bond donors (Lipinski definition) is 1. The van der Waals surface area contributed by atoms with Crippen LogP contribution in [0.3, 0.4) is 0 Å². The summed E-state index contributed by atoms with van der Waals surface area (Å²) in [4.78, 5) is 23.5. The van der Waals surface area contributed by atoms with Gasteiger partial charge in [0.05, 0.1) is 12.3 Å². The Morgan fingerprint density at radius 3 is 2.52 bits per heavy atom. The molecule has 1 aromatic heterocycles. The highest BCUT2D eigenvalue weighted by Crippen LogP contribution is 2.25. The van der Waals surface area contributed by atoms with E-state index in [4.69, 9.17) is 4.74 Å². The second-order valence-electron chi connectivity index (χ2n) is 6.85. The lowest BCUT2D eigenvalue weighted by Crippen LogP contribution is -2.31. The number of anilines is 2. The van der Waals surface area contributed by atoms with Gasteiger partial charge in [0.15, 0.2) is 0 Å². The van der Waals surface area contributed by atoms with E-state index in [1.807, 2.05) is 43.3 Å². The van der Waals surface area contributed by atoms with Crippen molar-refractivity contribution in [1.29, 1.82) is 0 Å². The molecule has 0 bridgehead atoms. The van der Waals surface area contributed by atoms with Gasteiger partial charge in [0.2, 0.25) is 0 Å². The number of amides is 1. The van der Waals surface area contributed by atoms with Gasteiger partial charge in [0, 0.05) is 18.7 Å². The van der Waals surface area contributed by atoms with Gasteiger partial charge in [-0.25, -0.2) is 9.97 Å². The van der Waals surface area contributed by atoms with Crippen molar-refractivity contribution in [2.24, 2.45) is 0 Å². The van der Waals surface area contributed by atoms with Gasteiger partial charge in [-0.3, -0.25) is 4.79 Å². The van der Waals surface area contributed by atoms with E-state index in [1.54, 1.807) is 12.1 Å². The molecule has 0 spiro atoms. The van der Waals surface area contributed by atoms with Crippen LogP contribution in [0.15, 0.2) is 67.0 Å². The second-order valence-corrected chi connectivity index (χ2v) is 6.85. The molecule has 150 valence electrons. The Labute approximate surface area is 171 Å². The van der Waals surface area contributed by atoms with E-state index in [-0.39, 0.29) is 11.9 Å². The van der Waals surface area contributed by atoms with Crippen molar-refractivity contribution >= 4 is 17.4 Å². The Kier molecular flexibility index (Phi) is 6.79. The van der Waals surface area contributed by atoms with Crippen LogP contribution in [0, 0.1) is 0 Å². The van der Waals surface area contributed by atoms with Crippen LogP contribution in [0.1, 0.15) is 36.8 Å². The van der Waals surface area contributed by atoms with Crippen molar-refractivity contribution in [2.45, 2.75) is 33.4 Å². The summed E-state index contributed by atoms with van der Waals surface area (Å²) in [5.41, 5.74) is 2.10. The summed E-state index contributed by atoms with van der Waals surface area (Å²) in [7, 11) is 0. The number of nitrogens with one attached hydrogen (secondary N) is 1. The van der Waals surface area contributed by atoms with E-state index in [0.29, 0.717) is 36.1 Å². The largest absolute Gasteiger partial charge is 0.492 e. The maximum Gasteiger partial charge on any atom is 0.274 e. The van der Waals surface area contributed by atoms with E-state index in [9.17, 15) is 4.79 Å². The maximum absolute atomic E-state index is 12.8. The molecule has 1 amide bonds. The smallest absolute Gasteiger partial charge is 0.274 e. The first-order valence-electron chi connectivity index (χ1n) is 9.74. The quantitative estimate of drug-likeness (QED) is 0.611. The molecule has 1 N–H and O–H groups in total. The molecule has 29 heavy (non-hydrogen) atoms. The standard InChI is InChI=1S/C23H26N4O2/c1-4-29-21-13-9-8-12-19(21)26-23(28)20-14-22(25-16-24-20)27(17(2)3)15-18-10-6-5-7-11-18/h5-14,16-17H,4,15H2,1-3H3,(H,26,28). The fraction of sp³-hybridized carbons (Fsp3) is 0.261. The summed E-state index contributed by atoms with van der Waals surface area (Å²) < 4.78 is 5.58. The maximum atomic E-state index is 12.8. The molecule has 0 aliphatic heterocycles. The third kappa shape index (κ3) is 5.31. The van der Waals surface area contributed by atoms with Crippen molar-refractivity contribution in [3.05, 3.63) is 78.2 Å². The van der Waals surface area contributed by atoms with Crippen LogP contribution < -0.4 is 15.0 Å². The Morgan fingerprint density at radius 1 is 1.07 bits per heavy atom. The van der Waals surface area contributed by atoms with Crippen molar-refractivity contribution in [3.8, 4) is 5.75 Å². The minimum Gasteiger partial charge on any atom is -0.492 e. The third-order valence-electron chi connectivity index (χ3n) is 4.43. The van der Waals surface area contributed by atoms with Crippen molar-refractivity contribution < 1.29 is 9.53 Å². The average molecular weight is 390 g/mol. The molecule has 3 aromatic rings. The summed E-state index contributed by atoms with van der Waals surface area (Å²) in [5, 5.41) is 2.88. The Hall–Kier alpha value is -3.41. The number of carbonyl (C=O) groups is 1. The van der Waals surface area contributed by atoms with Gasteiger partial charge in [0.25, 0.3) is 5.91 Å². The first kappa shape index (κ1) is 20.3. The number of benzene rings is 2. The van der Waals surface area contributed by atoms with E-state index < -0.39 is 0 Å². The zero-order valence-corrected chi connectivity index (χ0v) is 17.0. The molecule has 0 unspecified atom stereocenters. The molecule has 2 aromatic carbocycles. The lowest BCUT2D eigenvalue weighted by molar-refractivity contribution is 0.102. The zero-order chi connectivity index (χ0) is 20.6. The zero-order valence-electron chi connectivity index (χ0n) is 17.0. The summed E-state index contributed by atoms with van der Waals surface area (Å²) in [5.74, 6) is 1.04. The van der Waals surface area contributed by atoms with Gasteiger partial charge in [-0.15, -0.1) is 0 Å². The fourth-order valence-electron chi connectivity index (χ4n) is 2.97. The average Bonchev–Trinajstić information content (AvgIpc) is 2.74. The van der Waals surface area contributed by atoms with Crippen LogP contribution in [0.4, 0.5) is 11.5 Å². The van der Waals surface area contributed by atoms with Gasteiger partial charge in [0.1, 0.15) is 23.6 Å². The normalized spacial score (nSPS) is 10.6. The van der Waals surface area contributed by atoms with Gasteiger partial charge in [-0.05, 0) is 38.5 Å². The van der Waals surface area contributed by atoms with Gasteiger partial charge < -0.3 is 15.0 Å². The van der Waals surface area contributed by atoms with E-state index >= 15 is 0 Å². The number of aromatic nitrogens is 2. The molecule has 6 heteroatoms. The van der Waals surface area contributed by atoms with Gasteiger partial charge in [-0.1, -0.05) is 42.5 Å². The highest BCUT2D eigenvalue weighted by molar-refractivity contribution is 6.04. The number of nitrogens with zero attached hydrogens (tertiary/aromatic N) is 3. The van der Waals surface area contributed by atoms with E-state index in [0.717, 1.165) is 0 Å². The molecular weight excluding hydrogens is 364 g/mol. The highest BCUT2D eigenvalue weighted by Gasteiger charge is 2.17. The Morgan fingerprint density at radius 2 is 1.79 bits per heavy atom. The number of para-hydroxylation sites is 2. The van der Waals surface area contributed by atoms with Crippen LogP contribution >= 0.6 is 0 Å². The van der Waals surface area contributed by atoms with Crippen molar-refractivity contribution in [2.75, 3.05) is 16.8 Å². The number of rotatable bonds is 8. The van der Waals surface area contributed by atoms with E-state index in [1.165, 1.54) is 11.9 Å². The molecule has 0 atom stereocenters. The lowest BCUT2D eigenvalue weighted by atomic mass is 10.2. The lowest BCUT2D eigenvalue weighted by Gasteiger charge is -2.28. The summed E-state index contributed by atoms with van der Waals surface area (Å²) >= 11 is 0.